The van der Waals surface area contributed by atoms with E-state index < -0.39 is 0 Å². The van der Waals surface area contributed by atoms with Crippen LogP contribution in [0.3, 0.4) is 0 Å². The summed E-state index contributed by atoms with van der Waals surface area (Å²) in [6.07, 6.45) is 1.95. The molecule has 1 rings (SSSR count). The number of carbonyl (C=O) groups excluding carboxylic acids is 1. The minimum absolute atomic E-state index is 0.0640. The van der Waals surface area contributed by atoms with Gasteiger partial charge in [-0.25, -0.2) is 0 Å². The molecule has 14 heavy (non-hydrogen) atoms. The van der Waals surface area contributed by atoms with Crippen LogP contribution in [0.25, 0.3) is 0 Å². The topological polar surface area (TPSA) is 34.0 Å². The smallest absolute Gasteiger partial charge is 0.243 e. The Balaban J connectivity index is 3.00. The average molecular weight is 306 g/mol. The maximum absolute atomic E-state index is 11.7. The van der Waals surface area contributed by atoms with Gasteiger partial charge < -0.3 is 9.88 Å². The first-order valence-corrected chi connectivity index (χ1v) is 5.69. The Bertz CT molecular complexity index is 320. The number of hydrogen-bond acceptors (Lipinski definition) is 1. The van der Waals surface area contributed by atoms with E-state index in [1.165, 1.54) is 0 Å². The summed E-state index contributed by atoms with van der Waals surface area (Å²) >= 11 is 2.24. The molecular weight excluding hydrogens is 291 g/mol. The predicted molar refractivity (Wildman–Crippen MR) is 65.1 cm³/mol. The van der Waals surface area contributed by atoms with E-state index in [4.69, 9.17) is 0 Å². The molecule has 1 atom stereocenters. The monoisotopic (exact) mass is 306 g/mol. The first kappa shape index (κ1) is 11.6. The number of likely N-dealkylation sites (N-methyl/N-ethyl adjacent to an activating group) is 1. The zero-order valence-electron chi connectivity index (χ0n) is 8.62. The Labute approximate surface area is 98.0 Å². The summed E-state index contributed by atoms with van der Waals surface area (Å²) in [5, 5.41) is 2.70. The average Bonchev–Trinajstić information content (AvgIpc) is 2.52. The fourth-order valence-electron chi connectivity index (χ4n) is 1.50. The highest BCUT2D eigenvalue weighted by Gasteiger charge is 2.23. The van der Waals surface area contributed by atoms with Crippen LogP contribution in [0.5, 0.6) is 0 Å². The number of aromatic nitrogens is 1. The molecule has 1 unspecified atom stereocenters. The summed E-state index contributed by atoms with van der Waals surface area (Å²) in [7, 11) is 1.67. The Morgan fingerprint density at radius 3 is 2.57 bits per heavy atom. The lowest BCUT2D eigenvalue weighted by Gasteiger charge is -2.22. The molecule has 0 aliphatic carbocycles. The summed E-state index contributed by atoms with van der Waals surface area (Å²) in [6, 6.07) is 3.85. The van der Waals surface area contributed by atoms with Gasteiger partial charge in [0.1, 0.15) is 6.04 Å². The van der Waals surface area contributed by atoms with E-state index >= 15 is 0 Å². The molecule has 4 heteroatoms. The van der Waals surface area contributed by atoms with Crippen molar-refractivity contribution in [3.8, 4) is 0 Å². The van der Waals surface area contributed by atoms with Crippen LogP contribution in [-0.2, 0) is 4.79 Å². The fraction of sp³-hybridized carbons (Fsp3) is 0.500. The standard InChI is InChI=1S/C10H15IN2O/c1-7(2)9(10(14)12-3)13-6-4-5-8(13)11/h4-7,9H,1-3H3,(H,12,14). The van der Waals surface area contributed by atoms with Gasteiger partial charge in [0.15, 0.2) is 0 Å². The molecule has 1 amide bonds. The largest absolute Gasteiger partial charge is 0.357 e. The zero-order valence-corrected chi connectivity index (χ0v) is 10.8. The maximum Gasteiger partial charge on any atom is 0.243 e. The van der Waals surface area contributed by atoms with Crippen molar-refractivity contribution in [2.75, 3.05) is 7.05 Å². The first-order valence-electron chi connectivity index (χ1n) is 4.62. The van der Waals surface area contributed by atoms with Crippen molar-refractivity contribution in [2.45, 2.75) is 19.9 Å². The Morgan fingerprint density at radius 2 is 2.21 bits per heavy atom. The van der Waals surface area contributed by atoms with Gasteiger partial charge in [-0.15, -0.1) is 0 Å². The van der Waals surface area contributed by atoms with Crippen LogP contribution >= 0.6 is 22.6 Å². The molecule has 0 aliphatic heterocycles. The van der Waals surface area contributed by atoms with Gasteiger partial charge >= 0.3 is 0 Å². The maximum atomic E-state index is 11.7. The Morgan fingerprint density at radius 1 is 1.57 bits per heavy atom. The fourth-order valence-corrected chi connectivity index (χ4v) is 2.16. The van der Waals surface area contributed by atoms with Gasteiger partial charge in [-0.1, -0.05) is 13.8 Å². The number of amides is 1. The number of rotatable bonds is 3. The van der Waals surface area contributed by atoms with Gasteiger partial charge in [-0.05, 0) is 40.6 Å². The minimum atomic E-state index is -0.109. The number of halogens is 1. The highest BCUT2D eigenvalue weighted by atomic mass is 127. The number of hydrogen-bond donors (Lipinski definition) is 1. The molecule has 0 radical (unpaired) electrons. The van der Waals surface area contributed by atoms with Gasteiger partial charge in [0.2, 0.25) is 5.91 Å². The van der Waals surface area contributed by atoms with Crippen molar-refractivity contribution in [1.82, 2.24) is 9.88 Å². The van der Waals surface area contributed by atoms with Gasteiger partial charge in [0.25, 0.3) is 0 Å². The molecule has 1 N–H and O–H groups in total. The molecule has 3 nitrogen and oxygen atoms in total. The molecular formula is C10H15IN2O. The van der Waals surface area contributed by atoms with Crippen LogP contribution in [0.15, 0.2) is 18.3 Å². The lowest BCUT2D eigenvalue weighted by atomic mass is 10.0. The Hall–Kier alpha value is -0.520. The van der Waals surface area contributed by atoms with Crippen molar-refractivity contribution < 1.29 is 4.79 Å². The van der Waals surface area contributed by atoms with Gasteiger partial charge in [-0.2, -0.15) is 0 Å². The van der Waals surface area contributed by atoms with Crippen molar-refractivity contribution >= 4 is 28.5 Å². The normalized spacial score (nSPS) is 12.9. The number of carbonyl (C=O) groups is 1. The molecule has 1 heterocycles. The lowest BCUT2D eigenvalue weighted by Crippen LogP contribution is -2.33. The zero-order chi connectivity index (χ0) is 10.7. The Kier molecular flexibility index (Phi) is 3.97. The van der Waals surface area contributed by atoms with Crippen LogP contribution < -0.4 is 5.32 Å². The van der Waals surface area contributed by atoms with E-state index in [9.17, 15) is 4.79 Å². The molecule has 78 valence electrons. The van der Waals surface area contributed by atoms with Crippen LogP contribution in [0.4, 0.5) is 0 Å². The van der Waals surface area contributed by atoms with Crippen LogP contribution in [0.1, 0.15) is 19.9 Å². The minimum Gasteiger partial charge on any atom is -0.357 e. The second kappa shape index (κ2) is 4.82. The van der Waals surface area contributed by atoms with E-state index in [0.717, 1.165) is 3.70 Å². The molecule has 1 aromatic heterocycles. The molecule has 0 saturated heterocycles. The predicted octanol–water partition coefficient (Wildman–Crippen LogP) is 2.04. The van der Waals surface area contributed by atoms with Crippen molar-refractivity contribution in [2.24, 2.45) is 5.92 Å². The van der Waals surface area contributed by atoms with Crippen molar-refractivity contribution in [3.05, 3.63) is 22.0 Å². The molecule has 0 aromatic carbocycles. The van der Waals surface area contributed by atoms with Crippen molar-refractivity contribution in [1.29, 1.82) is 0 Å². The van der Waals surface area contributed by atoms with E-state index in [1.807, 2.05) is 22.9 Å². The van der Waals surface area contributed by atoms with Gasteiger partial charge in [0.05, 0.1) is 3.70 Å². The van der Waals surface area contributed by atoms with E-state index in [0.29, 0.717) is 0 Å². The SMILES string of the molecule is CNC(=O)C(C(C)C)n1cccc1I. The first-order chi connectivity index (χ1) is 6.57. The third kappa shape index (κ3) is 2.29. The number of nitrogens with one attached hydrogen (secondary N) is 1. The van der Waals surface area contributed by atoms with Crippen LogP contribution in [0, 0.1) is 9.62 Å². The van der Waals surface area contributed by atoms with E-state index in [2.05, 4.69) is 41.8 Å². The van der Waals surface area contributed by atoms with Gasteiger partial charge in [0, 0.05) is 13.2 Å². The van der Waals surface area contributed by atoms with Gasteiger partial charge in [-0.3, -0.25) is 4.79 Å². The summed E-state index contributed by atoms with van der Waals surface area (Å²) in [5.41, 5.74) is 0. The molecule has 0 saturated carbocycles. The van der Waals surface area contributed by atoms with Crippen LogP contribution in [-0.4, -0.2) is 17.5 Å². The second-order valence-corrected chi connectivity index (χ2v) is 4.65. The number of nitrogens with zero attached hydrogens (tertiary/aromatic N) is 1. The quantitative estimate of drug-likeness (QED) is 0.852. The summed E-state index contributed by atoms with van der Waals surface area (Å²) in [4.78, 5) is 11.7. The lowest BCUT2D eigenvalue weighted by molar-refractivity contribution is -0.125. The summed E-state index contributed by atoms with van der Waals surface area (Å²) in [6.45, 7) is 4.10. The molecule has 1 aromatic rings. The highest BCUT2D eigenvalue weighted by Crippen LogP contribution is 2.21. The van der Waals surface area contributed by atoms with Crippen LogP contribution in [0.2, 0.25) is 0 Å². The molecule has 0 aliphatic rings. The molecule has 0 spiro atoms. The summed E-state index contributed by atoms with van der Waals surface area (Å²) in [5.74, 6) is 0.352. The highest BCUT2D eigenvalue weighted by molar-refractivity contribution is 14.1. The van der Waals surface area contributed by atoms with E-state index in [-0.39, 0.29) is 17.9 Å². The third-order valence-electron chi connectivity index (χ3n) is 2.17. The van der Waals surface area contributed by atoms with E-state index in [1.54, 1.807) is 7.05 Å². The van der Waals surface area contributed by atoms with Crippen molar-refractivity contribution in [3.63, 3.8) is 0 Å². The summed E-state index contributed by atoms with van der Waals surface area (Å²) < 4.78 is 3.09. The molecule has 0 fully saturated rings. The molecule has 0 bridgehead atoms. The second-order valence-electron chi connectivity index (χ2n) is 3.54. The third-order valence-corrected chi connectivity index (χ3v) is 3.09.